The largest absolute Gasteiger partial charge is 0.374 e. The Bertz CT molecular complexity index is 841. The van der Waals surface area contributed by atoms with Gasteiger partial charge in [0.25, 0.3) is 0 Å². The van der Waals surface area contributed by atoms with Crippen molar-refractivity contribution in [2.45, 2.75) is 97.4 Å². The van der Waals surface area contributed by atoms with Gasteiger partial charge in [0.05, 0.1) is 26.4 Å². The van der Waals surface area contributed by atoms with Crippen LogP contribution in [0.3, 0.4) is 0 Å². The van der Waals surface area contributed by atoms with Crippen LogP contribution in [-0.2, 0) is 32.2 Å². The molecule has 1 heterocycles. The van der Waals surface area contributed by atoms with Crippen LogP contribution in [0.15, 0.2) is 48.5 Å². The highest BCUT2D eigenvalue weighted by molar-refractivity contribution is 6.30. The van der Waals surface area contributed by atoms with Gasteiger partial charge in [-0.15, -0.1) is 0 Å². The van der Waals surface area contributed by atoms with Crippen molar-refractivity contribution in [2.75, 3.05) is 13.2 Å². The lowest BCUT2D eigenvalue weighted by Gasteiger charge is -2.24. The molecule has 3 atom stereocenters. The summed E-state index contributed by atoms with van der Waals surface area (Å²) in [6.45, 7) is 10.9. The van der Waals surface area contributed by atoms with Crippen molar-refractivity contribution in [3.63, 3.8) is 0 Å². The Hall–Kier alpha value is -1.14. The molecule has 0 aromatic heterocycles. The third-order valence-corrected chi connectivity index (χ3v) is 7.45. The molecule has 4 nitrogen and oxygen atoms in total. The maximum Gasteiger partial charge on any atom is 0.166 e. The molecule has 1 fully saturated rings. The third kappa shape index (κ3) is 11.2. The first kappa shape index (κ1) is 30.4. The highest BCUT2D eigenvalue weighted by Crippen LogP contribution is 2.34. The van der Waals surface area contributed by atoms with Gasteiger partial charge in [0.15, 0.2) is 5.79 Å². The Kier molecular flexibility index (Phi) is 12.7. The average molecular weight is 552 g/mol. The van der Waals surface area contributed by atoms with Crippen molar-refractivity contribution in [3.05, 3.63) is 69.7 Å². The fourth-order valence-corrected chi connectivity index (χ4v) is 5.01. The van der Waals surface area contributed by atoms with Crippen molar-refractivity contribution >= 4 is 23.2 Å². The first-order valence-electron chi connectivity index (χ1n) is 13.7. The number of hydrogen-bond donors (Lipinski definition) is 0. The lowest BCUT2D eigenvalue weighted by Crippen LogP contribution is -2.31. The third-order valence-electron chi connectivity index (χ3n) is 6.95. The van der Waals surface area contributed by atoms with Crippen molar-refractivity contribution in [3.8, 4) is 0 Å². The zero-order chi connectivity index (χ0) is 26.7. The predicted molar refractivity (Wildman–Crippen MR) is 152 cm³/mol. The molecule has 0 amide bonds. The van der Waals surface area contributed by atoms with Crippen LogP contribution in [0.25, 0.3) is 0 Å². The van der Waals surface area contributed by atoms with Gasteiger partial charge in [-0.05, 0) is 60.6 Å². The molecule has 0 aliphatic carbocycles. The smallest absolute Gasteiger partial charge is 0.166 e. The van der Waals surface area contributed by atoms with Crippen molar-refractivity contribution in [1.82, 2.24) is 0 Å². The number of halogens is 2. The molecule has 1 aliphatic heterocycles. The standard InChI is InChI=1S/C31H44Cl2O4/c1-23(2)7-5-8-24(3)9-6-18-31(4)36-29(21-34-19-25-10-14-27(32)15-11-25)30(37-31)22-35-20-26-12-16-28(33)17-13-26/h10-17,23-24,29-30H,5-9,18-22H2,1-4H3/t24?,29-,30-/m0/s1. The molecule has 0 saturated carbocycles. The van der Waals surface area contributed by atoms with Crippen LogP contribution in [0.2, 0.25) is 10.0 Å². The lowest BCUT2D eigenvalue weighted by molar-refractivity contribution is -0.174. The summed E-state index contributed by atoms with van der Waals surface area (Å²) >= 11 is 12.0. The van der Waals surface area contributed by atoms with E-state index in [-0.39, 0.29) is 12.2 Å². The van der Waals surface area contributed by atoms with Gasteiger partial charge in [0, 0.05) is 16.5 Å². The van der Waals surface area contributed by atoms with Gasteiger partial charge in [-0.1, -0.05) is 93.9 Å². The molecular weight excluding hydrogens is 507 g/mol. The molecular formula is C31H44Cl2O4. The summed E-state index contributed by atoms with van der Waals surface area (Å²) in [5.41, 5.74) is 2.15. The molecule has 6 heteroatoms. The molecule has 1 aliphatic rings. The Morgan fingerprint density at radius 1 is 0.730 bits per heavy atom. The van der Waals surface area contributed by atoms with Crippen molar-refractivity contribution in [2.24, 2.45) is 11.8 Å². The van der Waals surface area contributed by atoms with E-state index in [2.05, 4.69) is 27.7 Å². The van der Waals surface area contributed by atoms with Crippen LogP contribution >= 0.6 is 23.2 Å². The van der Waals surface area contributed by atoms with E-state index >= 15 is 0 Å². The fraction of sp³-hybridized carbons (Fsp3) is 0.613. The number of hydrogen-bond acceptors (Lipinski definition) is 4. The van der Waals surface area contributed by atoms with E-state index in [0.717, 1.165) is 45.8 Å². The van der Waals surface area contributed by atoms with Gasteiger partial charge >= 0.3 is 0 Å². The molecule has 0 radical (unpaired) electrons. The minimum atomic E-state index is -0.625. The molecule has 206 valence electrons. The molecule has 0 N–H and O–H groups in total. The minimum absolute atomic E-state index is 0.189. The van der Waals surface area contributed by atoms with E-state index in [9.17, 15) is 0 Å². The Morgan fingerprint density at radius 2 is 1.19 bits per heavy atom. The normalized spacial score (nSPS) is 20.0. The molecule has 3 rings (SSSR count). The maximum absolute atomic E-state index is 6.47. The second-order valence-electron chi connectivity index (χ2n) is 11.1. The van der Waals surface area contributed by atoms with Crippen molar-refractivity contribution in [1.29, 1.82) is 0 Å². The first-order chi connectivity index (χ1) is 17.7. The van der Waals surface area contributed by atoms with E-state index in [1.165, 1.54) is 25.7 Å². The van der Waals surface area contributed by atoms with Crippen LogP contribution < -0.4 is 0 Å². The van der Waals surface area contributed by atoms with E-state index in [4.69, 9.17) is 42.1 Å². The Balaban J connectivity index is 1.49. The molecule has 1 saturated heterocycles. The number of benzene rings is 2. The van der Waals surface area contributed by atoms with Crippen molar-refractivity contribution < 1.29 is 18.9 Å². The van der Waals surface area contributed by atoms with Gasteiger partial charge < -0.3 is 18.9 Å². The van der Waals surface area contributed by atoms with Gasteiger partial charge in [-0.2, -0.15) is 0 Å². The van der Waals surface area contributed by atoms with Crippen LogP contribution in [0.5, 0.6) is 0 Å². The Morgan fingerprint density at radius 3 is 1.65 bits per heavy atom. The minimum Gasteiger partial charge on any atom is -0.374 e. The molecule has 0 bridgehead atoms. The van der Waals surface area contributed by atoms with E-state index in [0.29, 0.717) is 26.4 Å². The predicted octanol–water partition coefficient (Wildman–Crippen LogP) is 8.86. The first-order valence-corrected chi connectivity index (χ1v) is 14.5. The molecule has 2 aromatic rings. The summed E-state index contributed by atoms with van der Waals surface area (Å²) < 4.78 is 25.0. The summed E-state index contributed by atoms with van der Waals surface area (Å²) in [7, 11) is 0. The van der Waals surface area contributed by atoms with Crippen LogP contribution in [-0.4, -0.2) is 31.2 Å². The fourth-order valence-electron chi connectivity index (χ4n) is 4.76. The molecule has 2 aromatic carbocycles. The summed E-state index contributed by atoms with van der Waals surface area (Å²) in [5.74, 6) is 0.880. The second kappa shape index (κ2) is 15.5. The zero-order valence-electron chi connectivity index (χ0n) is 22.9. The number of rotatable bonds is 16. The zero-order valence-corrected chi connectivity index (χ0v) is 24.4. The van der Waals surface area contributed by atoms with Gasteiger partial charge in [-0.3, -0.25) is 0 Å². The van der Waals surface area contributed by atoms with Gasteiger partial charge in [0.1, 0.15) is 12.2 Å². The van der Waals surface area contributed by atoms with E-state index in [1.807, 2.05) is 48.5 Å². The second-order valence-corrected chi connectivity index (χ2v) is 11.9. The summed E-state index contributed by atoms with van der Waals surface area (Å²) in [6, 6.07) is 15.4. The highest BCUT2D eigenvalue weighted by atomic mass is 35.5. The summed E-state index contributed by atoms with van der Waals surface area (Å²) in [6.07, 6.45) is 6.66. The van der Waals surface area contributed by atoms with Gasteiger partial charge in [-0.25, -0.2) is 0 Å². The maximum atomic E-state index is 6.47. The molecule has 1 unspecified atom stereocenters. The Labute approximate surface area is 233 Å². The van der Waals surface area contributed by atoms with Gasteiger partial charge in [0.2, 0.25) is 0 Å². The number of ether oxygens (including phenoxy) is 4. The molecule has 0 spiro atoms. The topological polar surface area (TPSA) is 36.9 Å². The van der Waals surface area contributed by atoms with E-state index in [1.54, 1.807) is 0 Å². The van der Waals surface area contributed by atoms with E-state index < -0.39 is 5.79 Å². The van der Waals surface area contributed by atoms with Crippen LogP contribution in [0, 0.1) is 11.8 Å². The average Bonchev–Trinajstić information content (AvgIpc) is 3.16. The summed E-state index contributed by atoms with van der Waals surface area (Å²) in [4.78, 5) is 0. The van der Waals surface area contributed by atoms with Crippen LogP contribution in [0.4, 0.5) is 0 Å². The molecule has 37 heavy (non-hydrogen) atoms. The lowest BCUT2D eigenvalue weighted by atomic mass is 9.94. The SMILES string of the molecule is CC(C)CCCC(C)CCCC1(C)O[C@@H](COCc2ccc(Cl)cc2)[C@H](COCc2ccc(Cl)cc2)O1. The summed E-state index contributed by atoms with van der Waals surface area (Å²) in [5, 5.41) is 1.44. The highest BCUT2D eigenvalue weighted by Gasteiger charge is 2.44. The monoisotopic (exact) mass is 550 g/mol. The van der Waals surface area contributed by atoms with Crippen LogP contribution in [0.1, 0.15) is 77.3 Å². The quantitative estimate of drug-likeness (QED) is 0.209.